The first-order valence-corrected chi connectivity index (χ1v) is 35.4. The molecule has 27 N–H and O–H groups in total. The van der Waals surface area contributed by atoms with Crippen molar-refractivity contribution in [1.29, 1.82) is 5.41 Å². The molecule has 0 saturated heterocycles. The number of fused-ring (bicyclic) bond motifs is 1. The number of aromatic amines is 1. The monoisotopic (exact) mass is 1560 g/mol. The summed E-state index contributed by atoms with van der Waals surface area (Å²) in [7, 11) is 0. The quantitative estimate of drug-likeness (QED) is 0.0142. The number of imidazole rings is 1. The van der Waals surface area contributed by atoms with Gasteiger partial charge in [0.2, 0.25) is 70.9 Å². The number of carbonyl (C=O) groups excluding carboxylic acids is 13. The summed E-state index contributed by atoms with van der Waals surface area (Å²) < 4.78 is 0. The fourth-order valence-electron chi connectivity index (χ4n) is 11.4. The molecule has 0 fully saturated rings. The highest BCUT2D eigenvalue weighted by molar-refractivity contribution is 6.01. The van der Waals surface area contributed by atoms with Crippen molar-refractivity contribution in [1.82, 2.24) is 78.7 Å². The number of primary amides is 2. The van der Waals surface area contributed by atoms with Crippen LogP contribution in [0, 0.1) is 17.2 Å². The number of benzene rings is 2. The Hall–Kier alpha value is -12.2. The van der Waals surface area contributed by atoms with Crippen molar-refractivity contribution in [3.8, 4) is 0 Å². The van der Waals surface area contributed by atoms with Crippen LogP contribution in [0.4, 0.5) is 0 Å². The van der Waals surface area contributed by atoms with Crippen molar-refractivity contribution in [3.63, 3.8) is 0 Å². The molecule has 2 aromatic carbocycles. The number of nitrogens with one attached hydrogen (secondary N) is 14. The number of aliphatic hydroxyl groups is 1. The number of carboxylic acid groups (broad SMARTS) is 4. The smallest absolute Gasteiger partial charge is 0.321 e. The maximum absolute atomic E-state index is 14.9. The molecule has 42 nitrogen and oxygen atoms in total. The Morgan fingerprint density at radius 3 is 1.55 bits per heavy atom. The topological polar surface area (TPSA) is 696 Å². The van der Waals surface area contributed by atoms with E-state index in [4.69, 9.17) is 28.3 Å². The Balaban J connectivity index is 1.63. The molecular formula is C69H100N20O22. The zero-order chi connectivity index (χ0) is 82.9. The van der Waals surface area contributed by atoms with Gasteiger partial charge in [0, 0.05) is 50.7 Å². The molecule has 111 heavy (non-hydrogen) atoms. The molecule has 1 aromatic heterocycles. The second-order valence-corrected chi connectivity index (χ2v) is 26.9. The lowest BCUT2D eigenvalue weighted by atomic mass is 9.93. The average molecular weight is 1560 g/mol. The third-order valence-electron chi connectivity index (χ3n) is 17.7. The zero-order valence-electron chi connectivity index (χ0n) is 61.7. The minimum Gasteiger partial charge on any atom is -0.481 e. The molecule has 42 heteroatoms. The molecule has 3 aromatic rings. The van der Waals surface area contributed by atoms with Crippen molar-refractivity contribution in [2.24, 2.45) is 34.8 Å². The summed E-state index contributed by atoms with van der Waals surface area (Å²) in [6.07, 6.45) is -5.49. The van der Waals surface area contributed by atoms with Crippen molar-refractivity contribution in [3.05, 3.63) is 89.5 Å². The van der Waals surface area contributed by atoms with Gasteiger partial charge in [0.05, 0.1) is 31.8 Å². The fraction of sp³-hybridized carbons (Fsp3) is 0.522. The number of aromatic nitrogens is 2. The van der Waals surface area contributed by atoms with E-state index in [1.165, 1.54) is 12.5 Å². The highest BCUT2D eigenvalue weighted by atomic mass is 16.4. The Labute approximate surface area is 636 Å². The van der Waals surface area contributed by atoms with Gasteiger partial charge in [-0.3, -0.25) is 91.8 Å². The molecule has 4 rings (SSSR count). The summed E-state index contributed by atoms with van der Waals surface area (Å²) >= 11 is 0. The number of aliphatic carboxylic acids is 4. The zero-order valence-corrected chi connectivity index (χ0v) is 61.7. The number of hydrogen-bond donors (Lipinski definition) is 23. The van der Waals surface area contributed by atoms with E-state index in [1.807, 2.05) is 0 Å². The van der Waals surface area contributed by atoms with Crippen LogP contribution in [-0.4, -0.2) is 239 Å². The molecule has 2 heterocycles. The van der Waals surface area contributed by atoms with Gasteiger partial charge < -0.3 is 117 Å². The first-order valence-electron chi connectivity index (χ1n) is 35.4. The van der Waals surface area contributed by atoms with E-state index < -0.39 is 249 Å². The molecule has 0 spiro atoms. The second kappa shape index (κ2) is 44.9. The van der Waals surface area contributed by atoms with Crippen LogP contribution < -0.4 is 86.7 Å². The van der Waals surface area contributed by atoms with Crippen LogP contribution >= 0.6 is 0 Å². The van der Waals surface area contributed by atoms with Crippen LogP contribution in [0.25, 0.3) is 0 Å². The highest BCUT2D eigenvalue weighted by Crippen LogP contribution is 2.26. The van der Waals surface area contributed by atoms with Crippen molar-refractivity contribution < 1.29 is 107 Å². The van der Waals surface area contributed by atoms with Gasteiger partial charge in [-0.05, 0) is 74.0 Å². The molecule has 0 bridgehead atoms. The largest absolute Gasteiger partial charge is 0.481 e. The summed E-state index contributed by atoms with van der Waals surface area (Å²) in [6.45, 7) is 6.10. The van der Waals surface area contributed by atoms with Crippen molar-refractivity contribution in [2.75, 3.05) is 13.2 Å². The molecule has 608 valence electrons. The van der Waals surface area contributed by atoms with E-state index in [2.05, 4.69) is 73.8 Å². The van der Waals surface area contributed by atoms with E-state index in [0.717, 1.165) is 11.8 Å². The van der Waals surface area contributed by atoms with E-state index >= 15 is 0 Å². The third-order valence-corrected chi connectivity index (χ3v) is 17.7. The maximum Gasteiger partial charge on any atom is 0.321 e. The van der Waals surface area contributed by atoms with Crippen LogP contribution in [0.2, 0.25) is 0 Å². The number of hydrogen-bond acceptors (Lipinski definition) is 22. The molecule has 1 aliphatic rings. The SMILES string of the molecule is CC[C@H](C)[C@H](N)C(=O)N[C@@H](CO)C(=O)N[C@@H](CCC(=O)O)C(=O)N[C@H](C(=O)N[C@@H](CC(N)=O)C(=O)N[C@@H](CC(C)C)C(=O)N[C@@H](CC(=O)O)C(=O)N[C@@H](C)C(=O)N[C@@H](CCC(=O)O)C(=O)N[C@@H](Cc1ccccc1)C(=O)N[C@@H](CCCNC(=N)N)C(=O)N[C@@H](Cc1cnc[nH]1)C(N)=O)N1Cc2ccccc2C[C@H]1C(=O)O. The Kier molecular flexibility index (Phi) is 36.9. The molecule has 14 atom stereocenters. The van der Waals surface area contributed by atoms with Crippen LogP contribution in [0.5, 0.6) is 0 Å². The Bertz CT molecular complexity index is 3810. The van der Waals surface area contributed by atoms with Crippen molar-refractivity contribution in [2.45, 2.75) is 203 Å². The first kappa shape index (κ1) is 91.2. The maximum atomic E-state index is 14.9. The standard InChI is InChI=1S/C69H100N20O22/c1-6-34(4)54(71)66(108)87-48(31-90)65(107)81-42(19-21-52(94)95)60(102)88-56(89-30-38-16-11-10-15-37(38)25-49(89)68(110)111)67(109)86-46(27-50(70)91)64(106)83-44(23-33(2)3)62(104)85-47(28-53(96)97)61(103)78-35(5)57(99)79-41(18-20-51(92)93)59(101)84-45(24-36-13-8-7-9-14-36)63(105)80-40(17-12-22-76-69(73)74)58(100)82-43(55(72)98)26-39-29-75-32-77-39/h7-11,13-16,29,32-35,40-49,54,56,90H,6,12,17-28,30-31,71H2,1-5H3,(H2,70,91)(H2,72,98)(H,75,77)(H,78,103)(H,79,99)(H,80,105)(H,81,107)(H,82,100)(H,83,106)(H,84,101)(H,85,104)(H,86,109)(H,87,108)(H,88,102)(H,92,93)(H,94,95)(H,96,97)(H,110,111)(H4,73,74,76)/t34-,35-,40-,41-,42-,43-,44-,45-,46-,47-,48-,49-,54-,56-/m0/s1. The van der Waals surface area contributed by atoms with Crippen LogP contribution in [0.3, 0.4) is 0 Å². The lowest BCUT2D eigenvalue weighted by Gasteiger charge is -2.40. The molecular weight excluding hydrogens is 1460 g/mol. The normalized spacial score (nSPS) is 16.0. The van der Waals surface area contributed by atoms with Crippen LogP contribution in [0.15, 0.2) is 67.1 Å². The number of nitrogens with zero attached hydrogens (tertiary/aromatic N) is 2. The fourth-order valence-corrected chi connectivity index (χ4v) is 11.4. The Morgan fingerprint density at radius 2 is 1.02 bits per heavy atom. The van der Waals surface area contributed by atoms with Gasteiger partial charge in [0.1, 0.15) is 66.5 Å². The highest BCUT2D eigenvalue weighted by Gasteiger charge is 2.44. The summed E-state index contributed by atoms with van der Waals surface area (Å²) in [5.74, 6) is -23.0. The third kappa shape index (κ3) is 30.8. The average Bonchev–Trinajstić information content (AvgIpc) is 1.05. The second-order valence-electron chi connectivity index (χ2n) is 26.9. The van der Waals surface area contributed by atoms with E-state index in [1.54, 1.807) is 82.3 Å². The number of amides is 13. The van der Waals surface area contributed by atoms with Gasteiger partial charge in [0.15, 0.2) is 12.1 Å². The number of carboxylic acids is 4. The van der Waals surface area contributed by atoms with Gasteiger partial charge in [-0.1, -0.05) is 88.7 Å². The molecule has 13 amide bonds. The van der Waals surface area contributed by atoms with Gasteiger partial charge in [-0.2, -0.15) is 0 Å². The first-order chi connectivity index (χ1) is 52.3. The Morgan fingerprint density at radius 1 is 0.541 bits per heavy atom. The van der Waals surface area contributed by atoms with Crippen molar-refractivity contribution >= 4 is 107 Å². The summed E-state index contributed by atoms with van der Waals surface area (Å²) in [6, 6.07) is -6.16. The number of nitrogens with two attached hydrogens (primary N) is 4. The van der Waals surface area contributed by atoms with Gasteiger partial charge in [-0.15, -0.1) is 0 Å². The molecule has 0 unspecified atom stereocenters. The number of carbonyl (C=O) groups is 17. The van der Waals surface area contributed by atoms with E-state index in [-0.39, 0.29) is 45.1 Å². The summed E-state index contributed by atoms with van der Waals surface area (Å²) in [5.41, 5.74) is 24.4. The van der Waals surface area contributed by atoms with Crippen LogP contribution in [0.1, 0.15) is 121 Å². The lowest BCUT2D eigenvalue weighted by Crippen LogP contribution is -2.66. The minimum atomic E-state index is -2.22. The number of guanidine groups is 1. The lowest BCUT2D eigenvalue weighted by molar-refractivity contribution is -0.150. The number of H-pyrrole nitrogens is 1. The molecule has 0 aliphatic carbocycles. The van der Waals surface area contributed by atoms with E-state index in [0.29, 0.717) is 28.8 Å². The molecule has 0 saturated carbocycles. The predicted molar refractivity (Wildman–Crippen MR) is 389 cm³/mol. The van der Waals surface area contributed by atoms with Gasteiger partial charge in [-0.25, -0.2) is 4.98 Å². The summed E-state index contributed by atoms with van der Waals surface area (Å²) in [4.78, 5) is 238. The molecule has 1 aliphatic heterocycles. The van der Waals surface area contributed by atoms with Crippen LogP contribution in [-0.2, 0) is 107 Å². The van der Waals surface area contributed by atoms with Gasteiger partial charge >= 0.3 is 23.9 Å². The minimum absolute atomic E-state index is 0.0381. The van der Waals surface area contributed by atoms with E-state index in [9.17, 15) is 107 Å². The number of rotatable bonds is 48. The predicted octanol–water partition coefficient (Wildman–Crippen LogP) is -6.74. The summed E-state index contributed by atoms with van der Waals surface area (Å²) in [5, 5.41) is 86.0. The number of aliphatic hydroxyl groups excluding tert-OH is 1. The molecule has 0 radical (unpaired) electrons. The van der Waals surface area contributed by atoms with Gasteiger partial charge in [0.25, 0.3) is 5.91 Å².